The second-order valence-electron chi connectivity index (χ2n) is 2.73. The first-order valence-electron chi connectivity index (χ1n) is 3.97. The zero-order valence-corrected chi connectivity index (χ0v) is 13.0. The van der Waals surface area contributed by atoms with E-state index in [0.717, 1.165) is 12.8 Å². The molecule has 0 saturated heterocycles. The van der Waals surface area contributed by atoms with E-state index in [2.05, 4.69) is 0 Å². The Bertz CT molecular complexity index is 198. The molecule has 0 rings (SSSR count). The quantitative estimate of drug-likeness (QED) is 0.408. The Kier molecular flexibility index (Phi) is 21.3. The van der Waals surface area contributed by atoms with Gasteiger partial charge >= 0.3 is 19.5 Å². The van der Waals surface area contributed by atoms with Gasteiger partial charge in [-0.1, -0.05) is 0 Å². The van der Waals surface area contributed by atoms with Crippen LogP contribution in [0.4, 0.5) is 0 Å². The van der Waals surface area contributed by atoms with Crippen molar-refractivity contribution in [3.8, 4) is 0 Å². The number of rotatable bonds is 4. The molecule has 88 valence electrons. The molecule has 0 aliphatic carbocycles. The fraction of sp³-hybridized carbons (Fsp3) is 0.400. The molecule has 2 N–H and O–H groups in total. The van der Waals surface area contributed by atoms with Crippen LogP contribution in [-0.4, -0.2) is 28.6 Å². The molecule has 0 amide bonds. The van der Waals surface area contributed by atoms with Gasteiger partial charge in [-0.3, -0.25) is 12.8 Å². The first-order valence-corrected chi connectivity index (χ1v) is 3.97. The van der Waals surface area contributed by atoms with Gasteiger partial charge in [-0.05, 0) is 27.7 Å². The maximum absolute atomic E-state index is 9.98. The fourth-order valence-corrected chi connectivity index (χ4v) is 0.572. The van der Waals surface area contributed by atoms with E-state index in [1.54, 1.807) is 0 Å². The molecule has 6 heteroatoms. The summed E-state index contributed by atoms with van der Waals surface area (Å²) in [4.78, 5) is 39.9. The maximum atomic E-state index is 9.98. The summed E-state index contributed by atoms with van der Waals surface area (Å²) >= 11 is 0. The average molecular weight is 282 g/mol. The Morgan fingerprint density at radius 3 is 0.750 bits per heavy atom. The van der Waals surface area contributed by atoms with Crippen molar-refractivity contribution < 1.29 is 44.1 Å². The van der Waals surface area contributed by atoms with Crippen molar-refractivity contribution in [1.29, 1.82) is 0 Å². The average Bonchev–Trinajstić information content (AvgIpc) is 1.79. The van der Waals surface area contributed by atoms with Crippen LogP contribution in [0.3, 0.4) is 0 Å². The third-order valence-electron chi connectivity index (χ3n) is 0.813. The molecular weight excluding hydrogens is 265 g/mol. The summed E-state index contributed by atoms with van der Waals surface area (Å²) in [7, 11) is 0. The molecule has 0 heterocycles. The Morgan fingerprint density at radius 2 is 0.750 bits per heavy atom. The van der Waals surface area contributed by atoms with Gasteiger partial charge in [0.15, 0.2) is 0 Å². The van der Waals surface area contributed by atoms with Crippen LogP contribution in [0.1, 0.15) is 27.7 Å². The Hall–Kier alpha value is -0.997. The number of hydrogen-bond donors (Lipinski definition) is 0. The van der Waals surface area contributed by atoms with Gasteiger partial charge in [0.2, 0.25) is 0 Å². The third-order valence-corrected chi connectivity index (χ3v) is 0.813. The Labute approximate surface area is 108 Å². The molecular formula is C10H16O5Zn. The zero-order valence-electron chi connectivity index (χ0n) is 9.99. The SMILES string of the molecule is CC(=O)[CH-]C(C)=O.CC(=O)[CH-]C(C)=O.O.[Zn+2]. The van der Waals surface area contributed by atoms with Crippen LogP contribution in [0.15, 0.2) is 0 Å². The van der Waals surface area contributed by atoms with Gasteiger partial charge in [-0.2, -0.15) is 0 Å². The second-order valence-corrected chi connectivity index (χ2v) is 2.73. The van der Waals surface area contributed by atoms with E-state index in [0.29, 0.717) is 0 Å². The van der Waals surface area contributed by atoms with Crippen molar-refractivity contribution in [1.82, 2.24) is 0 Å². The second kappa shape index (κ2) is 14.0. The summed E-state index contributed by atoms with van der Waals surface area (Å²) in [6, 6.07) is 0. The Balaban J connectivity index is -0.0000000800. The first kappa shape index (κ1) is 24.3. The van der Waals surface area contributed by atoms with Crippen molar-refractivity contribution in [3.63, 3.8) is 0 Å². The summed E-state index contributed by atoms with van der Waals surface area (Å²) in [5.41, 5.74) is 0. The third kappa shape index (κ3) is 38.2. The van der Waals surface area contributed by atoms with Crippen molar-refractivity contribution in [3.05, 3.63) is 12.8 Å². The molecule has 0 aliphatic heterocycles. The van der Waals surface area contributed by atoms with Crippen molar-refractivity contribution in [2.45, 2.75) is 27.7 Å². The molecule has 0 aromatic rings. The Morgan fingerprint density at radius 1 is 0.625 bits per heavy atom. The van der Waals surface area contributed by atoms with Crippen LogP contribution in [0.2, 0.25) is 0 Å². The minimum absolute atomic E-state index is 0. The topological polar surface area (TPSA) is 99.8 Å². The smallest absolute Gasteiger partial charge is 0.412 e. The van der Waals surface area contributed by atoms with Gasteiger partial charge in [0.05, 0.1) is 0 Å². The van der Waals surface area contributed by atoms with Gasteiger partial charge in [0, 0.05) is 23.1 Å². The van der Waals surface area contributed by atoms with Gasteiger partial charge in [-0.15, -0.1) is 0 Å². The molecule has 0 aliphatic rings. The molecule has 0 aromatic heterocycles. The van der Waals surface area contributed by atoms with Crippen molar-refractivity contribution in [2.75, 3.05) is 0 Å². The standard InChI is InChI=1S/2C5H7O2.H2O.Zn/c2*1-4(6)3-5(2)7;;/h2*3H,1-2H3;1H2;/q2*-1;;+2. The maximum Gasteiger partial charge on any atom is 2.00 e. The molecule has 0 spiro atoms. The van der Waals surface area contributed by atoms with E-state index in [4.69, 9.17) is 0 Å². The monoisotopic (exact) mass is 280 g/mol. The molecule has 16 heavy (non-hydrogen) atoms. The number of carbonyl (C=O) groups is 4. The number of hydrogen-bond acceptors (Lipinski definition) is 4. The van der Waals surface area contributed by atoms with E-state index in [9.17, 15) is 19.2 Å². The molecule has 0 fully saturated rings. The number of ketones is 4. The predicted octanol–water partition coefficient (Wildman–Crippen LogP) is -0.0898. The molecule has 0 unspecified atom stereocenters. The first-order chi connectivity index (χ1) is 6.25. The van der Waals surface area contributed by atoms with Crippen LogP contribution < -0.4 is 0 Å². The van der Waals surface area contributed by atoms with Crippen LogP contribution in [0, 0.1) is 12.8 Å². The van der Waals surface area contributed by atoms with Gasteiger partial charge in [-0.25, -0.2) is 0 Å². The van der Waals surface area contributed by atoms with E-state index in [1.807, 2.05) is 0 Å². The molecule has 5 nitrogen and oxygen atoms in total. The van der Waals surface area contributed by atoms with Crippen LogP contribution >= 0.6 is 0 Å². The summed E-state index contributed by atoms with van der Waals surface area (Å²) < 4.78 is 0. The van der Waals surface area contributed by atoms with E-state index in [1.165, 1.54) is 27.7 Å². The van der Waals surface area contributed by atoms with Crippen LogP contribution in [0.25, 0.3) is 0 Å². The molecule has 0 atom stereocenters. The van der Waals surface area contributed by atoms with E-state index < -0.39 is 0 Å². The number of Topliss-reactive ketones (excluding diaryl/α,β-unsaturated/α-hetero) is 4. The summed E-state index contributed by atoms with van der Waals surface area (Å²) in [6.45, 7) is 5.39. The summed E-state index contributed by atoms with van der Waals surface area (Å²) in [5, 5.41) is 0. The predicted molar refractivity (Wildman–Crippen MR) is 54.9 cm³/mol. The normalized spacial score (nSPS) is 6.75. The van der Waals surface area contributed by atoms with Crippen molar-refractivity contribution >= 4 is 23.1 Å². The van der Waals surface area contributed by atoms with Gasteiger partial charge in [0.25, 0.3) is 0 Å². The molecule has 0 saturated carbocycles. The fourth-order valence-electron chi connectivity index (χ4n) is 0.572. The van der Waals surface area contributed by atoms with Gasteiger partial charge in [0.1, 0.15) is 0 Å². The van der Waals surface area contributed by atoms with E-state index >= 15 is 0 Å². The molecule has 0 bridgehead atoms. The van der Waals surface area contributed by atoms with Crippen molar-refractivity contribution in [2.24, 2.45) is 0 Å². The van der Waals surface area contributed by atoms with E-state index in [-0.39, 0.29) is 48.1 Å². The minimum Gasteiger partial charge on any atom is -0.412 e. The molecule has 0 aromatic carbocycles. The molecule has 0 radical (unpaired) electrons. The zero-order chi connectivity index (χ0) is 11.7. The number of carbonyl (C=O) groups excluding carboxylic acids is 4. The summed E-state index contributed by atoms with van der Waals surface area (Å²) in [6.07, 6.45) is 2.11. The minimum atomic E-state index is -0.187. The summed E-state index contributed by atoms with van der Waals surface area (Å²) in [5.74, 6) is -0.750. The van der Waals surface area contributed by atoms with Crippen LogP contribution in [-0.2, 0) is 38.7 Å². The van der Waals surface area contributed by atoms with Gasteiger partial charge < -0.3 is 24.7 Å². The largest absolute Gasteiger partial charge is 2.00 e. The van der Waals surface area contributed by atoms with Crippen LogP contribution in [0.5, 0.6) is 0 Å².